The van der Waals surface area contributed by atoms with E-state index in [2.05, 4.69) is 15.0 Å². The predicted octanol–water partition coefficient (Wildman–Crippen LogP) is 3.73. The van der Waals surface area contributed by atoms with Gasteiger partial charge in [-0.15, -0.1) is 0 Å². The molecule has 0 aromatic carbocycles. The van der Waals surface area contributed by atoms with E-state index < -0.39 is 29.4 Å². The van der Waals surface area contributed by atoms with Crippen LogP contribution in [0.15, 0.2) is 32.0 Å². The smallest absolute Gasteiger partial charge is 0.413 e. The van der Waals surface area contributed by atoms with Gasteiger partial charge < -0.3 is 27.8 Å². The van der Waals surface area contributed by atoms with Crippen LogP contribution in [-0.2, 0) is 9.47 Å². The largest absolute Gasteiger partial charge is 0.476 e. The number of ether oxygens (including phenoxy) is 2. The lowest BCUT2D eigenvalue weighted by Gasteiger charge is -2.34. The number of carbonyl (C=O) groups excluding carboxylic acids is 1. The van der Waals surface area contributed by atoms with E-state index in [1.807, 2.05) is 0 Å². The zero-order chi connectivity index (χ0) is 23.3. The van der Waals surface area contributed by atoms with Gasteiger partial charge in [0.25, 0.3) is 0 Å². The second-order valence-corrected chi connectivity index (χ2v) is 8.58. The molecular weight excluding hydrogens is 424 g/mol. The molecule has 0 radical (unpaired) electrons. The van der Waals surface area contributed by atoms with Crippen LogP contribution in [0.5, 0.6) is 0 Å². The van der Waals surface area contributed by atoms with Crippen molar-refractivity contribution in [2.75, 3.05) is 6.61 Å². The van der Waals surface area contributed by atoms with Crippen LogP contribution in [0.2, 0.25) is 0 Å². The molecule has 1 aliphatic heterocycles. The van der Waals surface area contributed by atoms with Crippen molar-refractivity contribution in [1.82, 2.24) is 19.9 Å². The van der Waals surface area contributed by atoms with Crippen molar-refractivity contribution >= 4 is 12.1 Å². The molecule has 12 heteroatoms. The minimum Gasteiger partial charge on any atom is -0.476 e. The SMILES string of the molecule is CC(C)(C)OC(=O)N1[C@H](c2nc(-c3nc(-c4nc(C(=O)O)co4)co3)co2)COC1(C)C. The van der Waals surface area contributed by atoms with E-state index in [1.165, 1.54) is 17.4 Å². The summed E-state index contributed by atoms with van der Waals surface area (Å²) in [5.74, 6) is -0.906. The van der Waals surface area contributed by atoms with E-state index in [9.17, 15) is 9.59 Å². The lowest BCUT2D eigenvalue weighted by molar-refractivity contribution is -0.0634. The number of aromatic nitrogens is 3. The molecule has 1 atom stereocenters. The number of nitrogens with zero attached hydrogens (tertiary/aromatic N) is 4. The highest BCUT2D eigenvalue weighted by atomic mass is 16.6. The number of oxazole rings is 3. The van der Waals surface area contributed by atoms with Gasteiger partial charge in [0.1, 0.15) is 36.2 Å². The normalized spacial score (nSPS) is 18.2. The molecule has 3 aromatic heterocycles. The third-order valence-corrected chi connectivity index (χ3v) is 4.55. The van der Waals surface area contributed by atoms with E-state index in [4.69, 9.17) is 27.8 Å². The molecule has 4 rings (SSSR count). The number of hydrogen-bond donors (Lipinski definition) is 1. The van der Waals surface area contributed by atoms with Gasteiger partial charge in [-0.2, -0.15) is 0 Å². The zero-order valence-electron chi connectivity index (χ0n) is 18.1. The van der Waals surface area contributed by atoms with Crippen molar-refractivity contribution in [3.8, 4) is 23.2 Å². The minimum absolute atomic E-state index is 0.0110. The Labute approximate surface area is 182 Å². The molecule has 0 spiro atoms. The fourth-order valence-electron chi connectivity index (χ4n) is 3.16. The number of amides is 1. The summed E-state index contributed by atoms with van der Waals surface area (Å²) in [6.45, 7) is 9.00. The Morgan fingerprint density at radius 2 is 1.69 bits per heavy atom. The predicted molar refractivity (Wildman–Crippen MR) is 105 cm³/mol. The van der Waals surface area contributed by atoms with Crippen LogP contribution in [0, 0.1) is 0 Å². The van der Waals surface area contributed by atoms with Crippen LogP contribution >= 0.6 is 0 Å². The van der Waals surface area contributed by atoms with Crippen molar-refractivity contribution in [1.29, 1.82) is 0 Å². The van der Waals surface area contributed by atoms with Gasteiger partial charge in [0.05, 0.1) is 6.61 Å². The average Bonchev–Trinajstić information content (AvgIpc) is 3.44. The van der Waals surface area contributed by atoms with Gasteiger partial charge in [-0.25, -0.2) is 24.5 Å². The number of aromatic carboxylic acids is 1. The molecule has 1 amide bonds. The Balaban J connectivity index is 1.57. The second-order valence-electron chi connectivity index (χ2n) is 8.58. The van der Waals surface area contributed by atoms with Crippen LogP contribution in [-0.4, -0.2) is 55.0 Å². The van der Waals surface area contributed by atoms with Gasteiger partial charge in [0.2, 0.25) is 17.7 Å². The standard InChI is InChI=1S/C20H22N4O8/c1-19(2,3)32-18(27)24-13(9-31-20(24,4)5)16-22-11(7-30-16)14-21-10(6-28-14)15-23-12(8-29-15)17(25)26/h6-8,13H,9H2,1-5H3,(H,25,26)/t13-/m0/s1. The Kier molecular flexibility index (Phi) is 5.04. The minimum atomic E-state index is -1.22. The molecular formula is C20H22N4O8. The summed E-state index contributed by atoms with van der Waals surface area (Å²) in [4.78, 5) is 37.7. The Hall–Kier alpha value is -3.67. The summed E-state index contributed by atoms with van der Waals surface area (Å²) >= 11 is 0. The first-order chi connectivity index (χ1) is 14.9. The first-order valence-electron chi connectivity index (χ1n) is 9.71. The van der Waals surface area contributed by atoms with Gasteiger partial charge in [-0.3, -0.25) is 4.90 Å². The Morgan fingerprint density at radius 3 is 2.34 bits per heavy atom. The van der Waals surface area contributed by atoms with Crippen molar-refractivity contribution in [2.45, 2.75) is 52.0 Å². The van der Waals surface area contributed by atoms with Crippen LogP contribution < -0.4 is 0 Å². The monoisotopic (exact) mass is 446 g/mol. The molecule has 0 aliphatic carbocycles. The average molecular weight is 446 g/mol. The molecule has 3 aromatic rings. The van der Waals surface area contributed by atoms with Gasteiger partial charge in [-0.05, 0) is 34.6 Å². The Morgan fingerprint density at radius 1 is 1.06 bits per heavy atom. The summed E-state index contributed by atoms with van der Waals surface area (Å²) in [5.41, 5.74) is -1.40. The van der Waals surface area contributed by atoms with Crippen molar-refractivity contribution in [3.05, 3.63) is 30.4 Å². The van der Waals surface area contributed by atoms with E-state index in [0.29, 0.717) is 0 Å². The summed E-state index contributed by atoms with van der Waals surface area (Å²) in [6.07, 6.45) is 3.05. The van der Waals surface area contributed by atoms with Crippen molar-refractivity contribution in [2.24, 2.45) is 0 Å². The van der Waals surface area contributed by atoms with E-state index in [1.54, 1.807) is 34.6 Å². The van der Waals surface area contributed by atoms with Crippen LogP contribution in [0.3, 0.4) is 0 Å². The molecule has 0 bridgehead atoms. The zero-order valence-corrected chi connectivity index (χ0v) is 18.1. The third-order valence-electron chi connectivity index (χ3n) is 4.55. The molecule has 0 saturated carbocycles. The number of carboxylic acid groups (broad SMARTS) is 1. The fraction of sp³-hybridized carbons (Fsp3) is 0.450. The molecule has 170 valence electrons. The van der Waals surface area contributed by atoms with Gasteiger partial charge in [0.15, 0.2) is 17.1 Å². The lowest BCUT2D eigenvalue weighted by Crippen LogP contribution is -2.47. The quantitative estimate of drug-likeness (QED) is 0.623. The molecule has 1 fully saturated rings. The molecule has 32 heavy (non-hydrogen) atoms. The highest BCUT2D eigenvalue weighted by Crippen LogP contribution is 2.38. The van der Waals surface area contributed by atoms with Gasteiger partial charge in [-0.1, -0.05) is 0 Å². The second kappa shape index (κ2) is 7.48. The molecule has 0 unspecified atom stereocenters. The highest BCUT2D eigenvalue weighted by molar-refractivity contribution is 5.85. The van der Waals surface area contributed by atoms with E-state index in [0.717, 1.165) is 6.26 Å². The van der Waals surface area contributed by atoms with Crippen molar-refractivity contribution in [3.63, 3.8) is 0 Å². The Bertz CT molecular complexity index is 1150. The van der Waals surface area contributed by atoms with E-state index >= 15 is 0 Å². The third kappa shape index (κ3) is 4.08. The summed E-state index contributed by atoms with van der Waals surface area (Å²) in [5, 5.41) is 8.96. The molecule has 4 heterocycles. The van der Waals surface area contributed by atoms with Crippen LogP contribution in [0.1, 0.15) is 57.0 Å². The molecule has 1 aliphatic rings. The molecule has 1 N–H and O–H groups in total. The lowest BCUT2D eigenvalue weighted by atomic mass is 10.2. The first-order valence-corrected chi connectivity index (χ1v) is 9.71. The number of hydrogen-bond acceptors (Lipinski definition) is 10. The van der Waals surface area contributed by atoms with Crippen molar-refractivity contribution < 1.29 is 37.4 Å². The maximum Gasteiger partial charge on any atom is 0.413 e. The summed E-state index contributed by atoms with van der Waals surface area (Å²) in [6, 6.07) is -0.618. The highest BCUT2D eigenvalue weighted by Gasteiger charge is 2.48. The fourth-order valence-corrected chi connectivity index (χ4v) is 3.16. The first kappa shape index (κ1) is 21.6. The van der Waals surface area contributed by atoms with Crippen LogP contribution in [0.4, 0.5) is 4.79 Å². The topological polar surface area (TPSA) is 154 Å². The van der Waals surface area contributed by atoms with Gasteiger partial charge >= 0.3 is 12.1 Å². The maximum atomic E-state index is 12.8. The summed E-state index contributed by atoms with van der Waals surface area (Å²) in [7, 11) is 0. The van der Waals surface area contributed by atoms with Gasteiger partial charge in [0, 0.05) is 0 Å². The number of carbonyl (C=O) groups is 2. The maximum absolute atomic E-state index is 12.8. The number of rotatable bonds is 4. The molecule has 12 nitrogen and oxygen atoms in total. The molecule has 1 saturated heterocycles. The summed E-state index contributed by atoms with van der Waals surface area (Å²) < 4.78 is 27.4. The van der Waals surface area contributed by atoms with E-state index in [-0.39, 0.29) is 41.4 Å². The van der Waals surface area contributed by atoms with Crippen LogP contribution in [0.25, 0.3) is 23.2 Å². The number of carboxylic acids is 1.